The van der Waals surface area contributed by atoms with Crippen LogP contribution in [0.15, 0.2) is 12.3 Å². The summed E-state index contributed by atoms with van der Waals surface area (Å²) < 4.78 is 5.03. The monoisotopic (exact) mass is 299 g/mol. The lowest BCUT2D eigenvalue weighted by Crippen LogP contribution is -2.30. The number of aromatic nitrogens is 1. The van der Waals surface area contributed by atoms with Gasteiger partial charge in [-0.3, -0.25) is 4.79 Å². The number of nitrogens with one attached hydrogen (secondary N) is 2. The minimum Gasteiger partial charge on any atom is -0.384 e. The molecule has 2 N–H and O–H groups in total. The van der Waals surface area contributed by atoms with Gasteiger partial charge in [-0.1, -0.05) is 25.4 Å². The number of methoxy groups -OCH3 is 1. The highest BCUT2D eigenvalue weighted by Gasteiger charge is 2.13. The van der Waals surface area contributed by atoms with Crippen LogP contribution in [0.5, 0.6) is 0 Å². The Labute approximate surface area is 125 Å². The third-order valence-corrected chi connectivity index (χ3v) is 3.02. The van der Waals surface area contributed by atoms with Crippen molar-refractivity contribution < 1.29 is 9.53 Å². The van der Waals surface area contributed by atoms with E-state index in [0.717, 1.165) is 13.0 Å². The largest absolute Gasteiger partial charge is 0.384 e. The van der Waals surface area contributed by atoms with Crippen molar-refractivity contribution >= 4 is 23.3 Å². The normalized spacial score (nSPS) is 12.0. The predicted octanol–water partition coefficient (Wildman–Crippen LogP) is 2.57. The Kier molecular flexibility index (Phi) is 7.33. The highest BCUT2D eigenvalue weighted by atomic mass is 35.5. The molecule has 0 aliphatic rings. The summed E-state index contributed by atoms with van der Waals surface area (Å²) in [7, 11) is 1.64. The minimum absolute atomic E-state index is 0.195. The first-order valence-corrected chi connectivity index (χ1v) is 7.12. The molecule has 0 aromatic carbocycles. The van der Waals surface area contributed by atoms with Gasteiger partial charge in [-0.05, 0) is 18.4 Å². The highest BCUT2D eigenvalue weighted by molar-refractivity contribution is 6.33. The zero-order valence-corrected chi connectivity index (χ0v) is 13.0. The first kappa shape index (κ1) is 16.7. The van der Waals surface area contributed by atoms with Gasteiger partial charge < -0.3 is 15.4 Å². The second kappa shape index (κ2) is 8.76. The quantitative estimate of drug-likeness (QED) is 0.774. The molecule has 0 aliphatic carbocycles. The van der Waals surface area contributed by atoms with Gasteiger partial charge in [0.1, 0.15) is 5.82 Å². The lowest BCUT2D eigenvalue weighted by atomic mass is 10.2. The molecule has 1 aromatic heterocycles. The van der Waals surface area contributed by atoms with E-state index in [9.17, 15) is 4.79 Å². The summed E-state index contributed by atoms with van der Waals surface area (Å²) in [6.07, 6.45) is 2.48. The zero-order valence-electron chi connectivity index (χ0n) is 12.2. The number of halogens is 1. The molecule has 1 aromatic rings. The predicted molar refractivity (Wildman–Crippen MR) is 81.4 cm³/mol. The van der Waals surface area contributed by atoms with Crippen molar-refractivity contribution in [3.05, 3.63) is 22.8 Å². The Hall–Kier alpha value is -1.33. The number of pyridine rings is 1. The standard InChI is InChI=1S/C14H22ClN3O2/c1-4-5-16-13-6-11(12(15)8-17-13)14(19)18-7-10(2)9-20-3/h6,8,10H,4-5,7,9H2,1-3H3,(H,16,17)(H,18,19). The van der Waals surface area contributed by atoms with Crippen LogP contribution in [0.25, 0.3) is 0 Å². The lowest BCUT2D eigenvalue weighted by molar-refractivity contribution is 0.0934. The first-order valence-electron chi connectivity index (χ1n) is 6.75. The van der Waals surface area contributed by atoms with Crippen LogP contribution in [0.1, 0.15) is 30.6 Å². The minimum atomic E-state index is -0.195. The number of ether oxygens (including phenoxy) is 1. The third kappa shape index (κ3) is 5.35. The molecule has 1 rings (SSSR count). The summed E-state index contributed by atoms with van der Waals surface area (Å²) in [5.41, 5.74) is 0.435. The molecule has 1 heterocycles. The molecule has 0 saturated carbocycles. The van der Waals surface area contributed by atoms with Crippen molar-refractivity contribution in [1.29, 1.82) is 0 Å². The molecule has 0 aliphatic heterocycles. The molecule has 0 radical (unpaired) electrons. The van der Waals surface area contributed by atoms with E-state index in [2.05, 4.69) is 22.5 Å². The molecule has 1 amide bonds. The number of rotatable bonds is 8. The van der Waals surface area contributed by atoms with E-state index in [0.29, 0.717) is 29.6 Å². The van der Waals surface area contributed by atoms with Crippen LogP contribution >= 0.6 is 11.6 Å². The molecule has 112 valence electrons. The maximum Gasteiger partial charge on any atom is 0.253 e. The molecule has 5 nitrogen and oxygen atoms in total. The maximum absolute atomic E-state index is 12.1. The number of carbonyl (C=O) groups excluding carboxylic acids is 1. The zero-order chi connectivity index (χ0) is 15.0. The Morgan fingerprint density at radius 2 is 2.30 bits per heavy atom. The SMILES string of the molecule is CCCNc1cc(C(=O)NCC(C)COC)c(Cl)cn1. The fraction of sp³-hybridized carbons (Fsp3) is 0.571. The van der Waals surface area contributed by atoms with E-state index in [-0.39, 0.29) is 11.8 Å². The summed E-state index contributed by atoms with van der Waals surface area (Å²) >= 11 is 6.03. The number of nitrogens with zero attached hydrogens (tertiary/aromatic N) is 1. The van der Waals surface area contributed by atoms with E-state index in [1.54, 1.807) is 13.2 Å². The number of hydrogen-bond donors (Lipinski definition) is 2. The van der Waals surface area contributed by atoms with Gasteiger partial charge in [0.05, 0.1) is 17.2 Å². The summed E-state index contributed by atoms with van der Waals surface area (Å²) in [5, 5.41) is 6.33. The summed E-state index contributed by atoms with van der Waals surface area (Å²) in [6, 6.07) is 1.67. The van der Waals surface area contributed by atoms with E-state index in [1.807, 2.05) is 6.92 Å². The van der Waals surface area contributed by atoms with Crippen molar-refractivity contribution in [3.8, 4) is 0 Å². The van der Waals surface area contributed by atoms with Gasteiger partial charge in [-0.25, -0.2) is 4.98 Å². The number of amides is 1. The van der Waals surface area contributed by atoms with Gasteiger partial charge >= 0.3 is 0 Å². The fourth-order valence-corrected chi connectivity index (χ4v) is 1.86. The molecule has 0 spiro atoms. The Balaban J connectivity index is 2.66. The molecule has 0 fully saturated rings. The van der Waals surface area contributed by atoms with Crippen LogP contribution in [-0.2, 0) is 4.74 Å². The number of anilines is 1. The summed E-state index contributed by atoms with van der Waals surface area (Å²) in [6.45, 7) is 6.02. The van der Waals surface area contributed by atoms with E-state index in [4.69, 9.17) is 16.3 Å². The van der Waals surface area contributed by atoms with Crippen LogP contribution in [0.2, 0.25) is 5.02 Å². The molecule has 1 unspecified atom stereocenters. The number of carbonyl (C=O) groups is 1. The fourth-order valence-electron chi connectivity index (χ4n) is 1.67. The van der Waals surface area contributed by atoms with Crippen molar-refractivity contribution in [2.45, 2.75) is 20.3 Å². The van der Waals surface area contributed by atoms with Crippen LogP contribution in [0.3, 0.4) is 0 Å². The third-order valence-electron chi connectivity index (χ3n) is 2.72. The maximum atomic E-state index is 12.1. The lowest BCUT2D eigenvalue weighted by Gasteiger charge is -2.13. The van der Waals surface area contributed by atoms with Gasteiger partial charge in [0.15, 0.2) is 0 Å². The van der Waals surface area contributed by atoms with Gasteiger partial charge in [0, 0.05) is 26.4 Å². The van der Waals surface area contributed by atoms with Gasteiger partial charge in [0.2, 0.25) is 0 Å². The highest BCUT2D eigenvalue weighted by Crippen LogP contribution is 2.18. The van der Waals surface area contributed by atoms with Crippen LogP contribution < -0.4 is 10.6 Å². The van der Waals surface area contributed by atoms with Crippen molar-refractivity contribution in [2.24, 2.45) is 5.92 Å². The smallest absolute Gasteiger partial charge is 0.253 e. The average Bonchev–Trinajstić information content (AvgIpc) is 2.44. The van der Waals surface area contributed by atoms with E-state index in [1.165, 1.54) is 6.20 Å². The summed E-state index contributed by atoms with van der Waals surface area (Å²) in [5.74, 6) is 0.716. The van der Waals surface area contributed by atoms with Crippen LogP contribution in [-0.4, -0.2) is 37.7 Å². The van der Waals surface area contributed by atoms with Gasteiger partial charge in [-0.15, -0.1) is 0 Å². The van der Waals surface area contributed by atoms with Crippen LogP contribution in [0.4, 0.5) is 5.82 Å². The molecule has 6 heteroatoms. The molecular weight excluding hydrogens is 278 g/mol. The Bertz CT molecular complexity index is 440. The average molecular weight is 300 g/mol. The molecule has 0 bridgehead atoms. The van der Waals surface area contributed by atoms with E-state index >= 15 is 0 Å². The Morgan fingerprint density at radius 3 is 2.95 bits per heavy atom. The second-order valence-electron chi connectivity index (χ2n) is 4.75. The van der Waals surface area contributed by atoms with Crippen molar-refractivity contribution in [1.82, 2.24) is 10.3 Å². The Morgan fingerprint density at radius 1 is 1.55 bits per heavy atom. The van der Waals surface area contributed by atoms with Gasteiger partial charge in [-0.2, -0.15) is 0 Å². The molecule has 1 atom stereocenters. The van der Waals surface area contributed by atoms with Crippen LogP contribution in [0, 0.1) is 5.92 Å². The second-order valence-corrected chi connectivity index (χ2v) is 5.15. The first-order chi connectivity index (χ1) is 9.58. The number of hydrogen-bond acceptors (Lipinski definition) is 4. The van der Waals surface area contributed by atoms with Crippen molar-refractivity contribution in [3.63, 3.8) is 0 Å². The molecule has 20 heavy (non-hydrogen) atoms. The summed E-state index contributed by atoms with van der Waals surface area (Å²) in [4.78, 5) is 16.2. The van der Waals surface area contributed by atoms with Crippen molar-refractivity contribution in [2.75, 3.05) is 32.1 Å². The van der Waals surface area contributed by atoms with E-state index < -0.39 is 0 Å². The topological polar surface area (TPSA) is 63.2 Å². The molecule has 0 saturated heterocycles. The van der Waals surface area contributed by atoms with Gasteiger partial charge in [0.25, 0.3) is 5.91 Å². The molecular formula is C14H22ClN3O2.